The minimum atomic E-state index is -0.556. The Balaban J connectivity index is 2.48. The average molecular weight is 186 g/mol. The number of hydrogen-bond acceptors (Lipinski definition) is 3. The highest BCUT2D eigenvalue weighted by atomic mass is 16.8. The summed E-state index contributed by atoms with van der Waals surface area (Å²) in [6, 6.07) is 0. The summed E-state index contributed by atoms with van der Waals surface area (Å²) in [5.41, 5.74) is 0. The van der Waals surface area contributed by atoms with Crippen LogP contribution in [0.3, 0.4) is 0 Å². The molecular formula is C10H18O3. The summed E-state index contributed by atoms with van der Waals surface area (Å²) in [5, 5.41) is 9.04. The quantitative estimate of drug-likeness (QED) is 0.676. The van der Waals surface area contributed by atoms with Crippen LogP contribution in [0.15, 0.2) is 12.7 Å². The van der Waals surface area contributed by atoms with E-state index in [-0.39, 0.29) is 18.8 Å². The Bertz CT molecular complexity index is 177. The standard InChI is InChI=1S/C10H18O3/c1-4-5-6-8-9(7-11)13-10(2,3)12-8/h4,8-9,11H,1,5-7H2,2-3H3/t8-,9+/m0/s1. The van der Waals surface area contributed by atoms with E-state index in [0.29, 0.717) is 0 Å². The van der Waals surface area contributed by atoms with E-state index in [1.807, 2.05) is 19.9 Å². The molecule has 1 aliphatic heterocycles. The van der Waals surface area contributed by atoms with Crippen molar-refractivity contribution in [2.24, 2.45) is 0 Å². The van der Waals surface area contributed by atoms with Gasteiger partial charge in [0.2, 0.25) is 0 Å². The zero-order chi connectivity index (χ0) is 9.90. The number of rotatable bonds is 4. The normalized spacial score (nSPS) is 31.9. The zero-order valence-corrected chi connectivity index (χ0v) is 8.32. The summed E-state index contributed by atoms with van der Waals surface area (Å²) in [6.45, 7) is 7.40. The van der Waals surface area contributed by atoms with Crippen LogP contribution in [0.25, 0.3) is 0 Å². The topological polar surface area (TPSA) is 38.7 Å². The SMILES string of the molecule is C=CCC[C@@H]1OC(C)(C)O[C@@H]1CO. The third kappa shape index (κ3) is 2.79. The molecule has 0 radical (unpaired) electrons. The number of ether oxygens (including phenoxy) is 2. The lowest BCUT2D eigenvalue weighted by atomic mass is 10.1. The minimum absolute atomic E-state index is 0.00185. The average Bonchev–Trinajstić information content (AvgIpc) is 2.37. The minimum Gasteiger partial charge on any atom is -0.394 e. The van der Waals surface area contributed by atoms with Gasteiger partial charge in [0.15, 0.2) is 5.79 Å². The van der Waals surface area contributed by atoms with Crippen LogP contribution >= 0.6 is 0 Å². The van der Waals surface area contributed by atoms with Gasteiger partial charge in [-0.2, -0.15) is 0 Å². The molecule has 2 atom stereocenters. The second-order valence-electron chi connectivity index (χ2n) is 3.76. The van der Waals surface area contributed by atoms with Gasteiger partial charge in [-0.1, -0.05) is 6.08 Å². The third-order valence-electron chi connectivity index (χ3n) is 2.12. The van der Waals surface area contributed by atoms with E-state index >= 15 is 0 Å². The zero-order valence-electron chi connectivity index (χ0n) is 8.32. The van der Waals surface area contributed by atoms with Crippen molar-refractivity contribution in [2.75, 3.05) is 6.61 Å². The van der Waals surface area contributed by atoms with Gasteiger partial charge in [0.25, 0.3) is 0 Å². The molecule has 0 amide bonds. The maximum atomic E-state index is 9.04. The fraction of sp³-hybridized carbons (Fsp3) is 0.800. The fourth-order valence-corrected chi connectivity index (χ4v) is 1.59. The summed E-state index contributed by atoms with van der Waals surface area (Å²) in [6.07, 6.45) is 3.41. The van der Waals surface area contributed by atoms with Crippen LogP contribution in [-0.4, -0.2) is 29.7 Å². The molecule has 1 heterocycles. The van der Waals surface area contributed by atoms with Crippen molar-refractivity contribution < 1.29 is 14.6 Å². The van der Waals surface area contributed by atoms with Gasteiger partial charge in [-0.15, -0.1) is 6.58 Å². The predicted octanol–water partition coefficient (Wildman–Crippen LogP) is 1.47. The molecule has 1 N–H and O–H groups in total. The van der Waals surface area contributed by atoms with Gasteiger partial charge in [0.05, 0.1) is 12.7 Å². The second-order valence-corrected chi connectivity index (χ2v) is 3.76. The van der Waals surface area contributed by atoms with Gasteiger partial charge in [0, 0.05) is 0 Å². The lowest BCUT2D eigenvalue weighted by molar-refractivity contribution is -0.149. The van der Waals surface area contributed by atoms with Crippen molar-refractivity contribution >= 4 is 0 Å². The maximum absolute atomic E-state index is 9.04. The molecule has 76 valence electrons. The molecule has 13 heavy (non-hydrogen) atoms. The van der Waals surface area contributed by atoms with Crippen LogP contribution in [-0.2, 0) is 9.47 Å². The van der Waals surface area contributed by atoms with E-state index in [1.165, 1.54) is 0 Å². The van der Waals surface area contributed by atoms with Crippen LogP contribution < -0.4 is 0 Å². The lowest BCUT2D eigenvalue weighted by Gasteiger charge is -2.16. The molecule has 0 aromatic rings. The summed E-state index contributed by atoms with van der Waals surface area (Å²) >= 11 is 0. The molecular weight excluding hydrogens is 168 g/mol. The van der Waals surface area contributed by atoms with E-state index in [9.17, 15) is 0 Å². The molecule has 3 heteroatoms. The number of allylic oxidation sites excluding steroid dienone is 1. The highest BCUT2D eigenvalue weighted by Crippen LogP contribution is 2.30. The van der Waals surface area contributed by atoms with Gasteiger partial charge in [-0.3, -0.25) is 0 Å². The van der Waals surface area contributed by atoms with Gasteiger partial charge < -0.3 is 14.6 Å². The lowest BCUT2D eigenvalue weighted by Crippen LogP contribution is -2.26. The molecule has 3 nitrogen and oxygen atoms in total. The number of hydrogen-bond donors (Lipinski definition) is 1. The van der Waals surface area contributed by atoms with E-state index in [4.69, 9.17) is 14.6 Å². The Morgan fingerprint density at radius 1 is 1.38 bits per heavy atom. The first-order chi connectivity index (χ1) is 6.09. The Kier molecular flexibility index (Phi) is 3.47. The molecule has 1 fully saturated rings. The summed E-state index contributed by atoms with van der Waals surface area (Å²) in [7, 11) is 0. The number of aliphatic hydroxyl groups is 1. The van der Waals surface area contributed by atoms with Gasteiger partial charge >= 0.3 is 0 Å². The Labute approximate surface area is 79.3 Å². The van der Waals surface area contributed by atoms with Crippen molar-refractivity contribution in [1.29, 1.82) is 0 Å². The second kappa shape index (κ2) is 4.22. The van der Waals surface area contributed by atoms with Crippen molar-refractivity contribution in [3.05, 3.63) is 12.7 Å². The van der Waals surface area contributed by atoms with Crippen molar-refractivity contribution in [2.45, 2.75) is 44.7 Å². The van der Waals surface area contributed by atoms with E-state index in [1.54, 1.807) is 0 Å². The van der Waals surface area contributed by atoms with E-state index in [2.05, 4.69) is 6.58 Å². The van der Waals surface area contributed by atoms with Crippen molar-refractivity contribution in [3.8, 4) is 0 Å². The third-order valence-corrected chi connectivity index (χ3v) is 2.12. The molecule has 0 aromatic heterocycles. The van der Waals surface area contributed by atoms with E-state index in [0.717, 1.165) is 12.8 Å². The Hall–Kier alpha value is -0.380. The smallest absolute Gasteiger partial charge is 0.163 e. The first-order valence-electron chi connectivity index (χ1n) is 4.66. The van der Waals surface area contributed by atoms with E-state index < -0.39 is 5.79 Å². The van der Waals surface area contributed by atoms with Crippen molar-refractivity contribution in [1.82, 2.24) is 0 Å². The molecule has 1 rings (SSSR count). The first-order valence-corrected chi connectivity index (χ1v) is 4.66. The molecule has 0 aliphatic carbocycles. The molecule has 0 aromatic carbocycles. The van der Waals surface area contributed by atoms with Gasteiger partial charge in [-0.25, -0.2) is 0 Å². The molecule has 0 unspecified atom stereocenters. The first kappa shape index (κ1) is 10.7. The largest absolute Gasteiger partial charge is 0.394 e. The monoisotopic (exact) mass is 186 g/mol. The molecule has 0 bridgehead atoms. The Morgan fingerprint density at radius 2 is 2.00 bits per heavy atom. The highest BCUT2D eigenvalue weighted by Gasteiger charge is 2.40. The van der Waals surface area contributed by atoms with Crippen LogP contribution in [0.2, 0.25) is 0 Å². The molecule has 0 saturated carbocycles. The predicted molar refractivity (Wildman–Crippen MR) is 50.3 cm³/mol. The highest BCUT2D eigenvalue weighted by molar-refractivity contribution is 4.83. The van der Waals surface area contributed by atoms with Crippen LogP contribution in [0.1, 0.15) is 26.7 Å². The van der Waals surface area contributed by atoms with Crippen LogP contribution in [0.4, 0.5) is 0 Å². The Morgan fingerprint density at radius 3 is 2.54 bits per heavy atom. The summed E-state index contributed by atoms with van der Waals surface area (Å²) in [5.74, 6) is -0.556. The maximum Gasteiger partial charge on any atom is 0.163 e. The van der Waals surface area contributed by atoms with Crippen molar-refractivity contribution in [3.63, 3.8) is 0 Å². The summed E-state index contributed by atoms with van der Waals surface area (Å²) < 4.78 is 11.1. The van der Waals surface area contributed by atoms with Gasteiger partial charge in [0.1, 0.15) is 6.10 Å². The fourth-order valence-electron chi connectivity index (χ4n) is 1.59. The van der Waals surface area contributed by atoms with Gasteiger partial charge in [-0.05, 0) is 26.7 Å². The number of aliphatic hydroxyl groups excluding tert-OH is 1. The molecule has 1 aliphatic rings. The van der Waals surface area contributed by atoms with Crippen LogP contribution in [0.5, 0.6) is 0 Å². The molecule has 1 saturated heterocycles. The van der Waals surface area contributed by atoms with Crippen LogP contribution in [0, 0.1) is 0 Å². The summed E-state index contributed by atoms with van der Waals surface area (Å²) in [4.78, 5) is 0. The molecule has 0 spiro atoms.